The Hall–Kier alpha value is -1.30. The van der Waals surface area contributed by atoms with Gasteiger partial charge in [0.1, 0.15) is 5.54 Å². The highest BCUT2D eigenvalue weighted by molar-refractivity contribution is 5.85. The number of urea groups is 1. The van der Waals surface area contributed by atoms with Crippen molar-refractivity contribution >= 4 is 12.0 Å². The minimum atomic E-state index is -1.24. The molecule has 6 heteroatoms. The van der Waals surface area contributed by atoms with Crippen molar-refractivity contribution in [2.45, 2.75) is 32.2 Å². The van der Waals surface area contributed by atoms with Gasteiger partial charge in [-0.05, 0) is 39.8 Å². The molecule has 1 rings (SSSR count). The highest BCUT2D eigenvalue weighted by Crippen LogP contribution is 2.05. The number of hydrogen-bond donors (Lipinski definition) is 3. The van der Waals surface area contributed by atoms with Crippen LogP contribution in [0.1, 0.15) is 26.7 Å². The number of aliphatic carboxylic acids is 1. The number of nitrogens with zero attached hydrogens (tertiary/aromatic N) is 1. The molecular formula is C11H21N3O3. The van der Waals surface area contributed by atoms with E-state index in [4.69, 9.17) is 5.11 Å². The molecule has 0 aromatic rings. The lowest BCUT2D eigenvalue weighted by Crippen LogP contribution is -2.53. The van der Waals surface area contributed by atoms with Gasteiger partial charge in [0, 0.05) is 13.1 Å². The highest BCUT2D eigenvalue weighted by atomic mass is 16.4. The van der Waals surface area contributed by atoms with E-state index < -0.39 is 17.5 Å². The SMILES string of the molecule is CC(C)(NC(=O)NCCN1CCCC1)C(=O)O. The van der Waals surface area contributed by atoms with Gasteiger partial charge in [-0.15, -0.1) is 0 Å². The van der Waals surface area contributed by atoms with E-state index in [0.29, 0.717) is 6.54 Å². The summed E-state index contributed by atoms with van der Waals surface area (Å²) in [4.78, 5) is 24.5. The number of hydrogen-bond acceptors (Lipinski definition) is 3. The first kappa shape index (κ1) is 13.8. The van der Waals surface area contributed by atoms with E-state index >= 15 is 0 Å². The van der Waals surface area contributed by atoms with Crippen molar-refractivity contribution < 1.29 is 14.7 Å². The number of amides is 2. The average molecular weight is 243 g/mol. The zero-order valence-electron chi connectivity index (χ0n) is 10.5. The number of carboxylic acids is 1. The molecule has 1 fully saturated rings. The molecule has 0 atom stereocenters. The fourth-order valence-electron chi connectivity index (χ4n) is 1.72. The normalized spacial score (nSPS) is 16.8. The van der Waals surface area contributed by atoms with Gasteiger partial charge in [0.15, 0.2) is 0 Å². The van der Waals surface area contributed by atoms with E-state index in [0.717, 1.165) is 19.6 Å². The van der Waals surface area contributed by atoms with Crippen LogP contribution in [0.15, 0.2) is 0 Å². The number of likely N-dealkylation sites (tertiary alicyclic amines) is 1. The molecule has 98 valence electrons. The van der Waals surface area contributed by atoms with Gasteiger partial charge in [0.05, 0.1) is 0 Å². The molecular weight excluding hydrogens is 222 g/mol. The lowest BCUT2D eigenvalue weighted by molar-refractivity contribution is -0.142. The molecule has 2 amide bonds. The maximum absolute atomic E-state index is 11.4. The summed E-state index contributed by atoms with van der Waals surface area (Å²) in [7, 11) is 0. The van der Waals surface area contributed by atoms with Crippen LogP contribution in [0.25, 0.3) is 0 Å². The Labute approximate surface area is 101 Å². The number of carboxylic acid groups (broad SMARTS) is 1. The fourth-order valence-corrected chi connectivity index (χ4v) is 1.72. The predicted octanol–water partition coefficient (Wildman–Crippen LogP) is 0.245. The number of rotatable bonds is 5. The summed E-state index contributed by atoms with van der Waals surface area (Å²) in [6.45, 7) is 6.45. The molecule has 0 aliphatic carbocycles. The van der Waals surface area contributed by atoms with Crippen molar-refractivity contribution in [3.63, 3.8) is 0 Å². The molecule has 0 radical (unpaired) electrons. The lowest BCUT2D eigenvalue weighted by Gasteiger charge is -2.22. The maximum Gasteiger partial charge on any atom is 0.328 e. The molecule has 1 heterocycles. The van der Waals surface area contributed by atoms with E-state index in [-0.39, 0.29) is 0 Å². The Morgan fingerprint density at radius 3 is 2.41 bits per heavy atom. The van der Waals surface area contributed by atoms with Gasteiger partial charge in [0.25, 0.3) is 0 Å². The van der Waals surface area contributed by atoms with Crippen LogP contribution in [0, 0.1) is 0 Å². The van der Waals surface area contributed by atoms with Gasteiger partial charge in [-0.25, -0.2) is 9.59 Å². The first-order valence-corrected chi connectivity index (χ1v) is 5.93. The Morgan fingerprint density at radius 2 is 1.88 bits per heavy atom. The van der Waals surface area contributed by atoms with Crippen molar-refractivity contribution in [1.29, 1.82) is 0 Å². The summed E-state index contributed by atoms with van der Waals surface area (Å²) in [5.41, 5.74) is -1.24. The van der Waals surface area contributed by atoms with Gasteiger partial charge in [0.2, 0.25) is 0 Å². The third-order valence-corrected chi connectivity index (χ3v) is 2.87. The molecule has 6 nitrogen and oxygen atoms in total. The Morgan fingerprint density at radius 1 is 1.29 bits per heavy atom. The zero-order chi connectivity index (χ0) is 12.9. The first-order chi connectivity index (χ1) is 7.92. The van der Waals surface area contributed by atoms with Gasteiger partial charge >= 0.3 is 12.0 Å². The molecule has 0 saturated carbocycles. The Kier molecular flexibility index (Phi) is 4.74. The van der Waals surface area contributed by atoms with E-state index in [1.807, 2.05) is 0 Å². The van der Waals surface area contributed by atoms with Crippen molar-refractivity contribution in [1.82, 2.24) is 15.5 Å². The molecule has 0 spiro atoms. The van der Waals surface area contributed by atoms with E-state index in [2.05, 4.69) is 15.5 Å². The van der Waals surface area contributed by atoms with Gasteiger partial charge < -0.3 is 20.6 Å². The number of carbonyl (C=O) groups excluding carboxylic acids is 1. The lowest BCUT2D eigenvalue weighted by atomic mass is 10.1. The topological polar surface area (TPSA) is 81.7 Å². The largest absolute Gasteiger partial charge is 0.480 e. The van der Waals surface area contributed by atoms with Crippen LogP contribution in [0.3, 0.4) is 0 Å². The number of nitrogens with one attached hydrogen (secondary N) is 2. The molecule has 3 N–H and O–H groups in total. The third kappa shape index (κ3) is 4.60. The summed E-state index contributed by atoms with van der Waals surface area (Å²) >= 11 is 0. The summed E-state index contributed by atoms with van der Waals surface area (Å²) < 4.78 is 0. The molecule has 0 aromatic heterocycles. The molecule has 0 unspecified atom stereocenters. The fraction of sp³-hybridized carbons (Fsp3) is 0.818. The monoisotopic (exact) mass is 243 g/mol. The van der Waals surface area contributed by atoms with Crippen molar-refractivity contribution in [2.24, 2.45) is 0 Å². The maximum atomic E-state index is 11.4. The van der Waals surface area contributed by atoms with Gasteiger partial charge in [-0.2, -0.15) is 0 Å². The summed E-state index contributed by atoms with van der Waals surface area (Å²) in [6.07, 6.45) is 2.44. The number of carbonyl (C=O) groups is 2. The van der Waals surface area contributed by atoms with E-state index in [1.165, 1.54) is 26.7 Å². The molecule has 0 aromatic carbocycles. The highest BCUT2D eigenvalue weighted by Gasteiger charge is 2.28. The van der Waals surface area contributed by atoms with Crippen LogP contribution in [0.4, 0.5) is 4.79 Å². The second-order valence-electron chi connectivity index (χ2n) is 4.86. The zero-order valence-corrected chi connectivity index (χ0v) is 10.5. The molecule has 1 saturated heterocycles. The second kappa shape index (κ2) is 5.86. The van der Waals surface area contributed by atoms with Crippen LogP contribution in [-0.2, 0) is 4.79 Å². The summed E-state index contributed by atoms with van der Waals surface area (Å²) in [6, 6.07) is -0.434. The minimum absolute atomic E-state index is 0.434. The van der Waals surface area contributed by atoms with Crippen LogP contribution in [0.2, 0.25) is 0 Å². The quantitative estimate of drug-likeness (QED) is 0.646. The van der Waals surface area contributed by atoms with E-state index in [1.54, 1.807) is 0 Å². The van der Waals surface area contributed by atoms with Gasteiger partial charge in [-0.3, -0.25) is 0 Å². The van der Waals surface area contributed by atoms with Crippen LogP contribution >= 0.6 is 0 Å². The van der Waals surface area contributed by atoms with Crippen LogP contribution in [0.5, 0.6) is 0 Å². The van der Waals surface area contributed by atoms with Crippen molar-refractivity contribution in [2.75, 3.05) is 26.2 Å². The smallest absolute Gasteiger partial charge is 0.328 e. The first-order valence-electron chi connectivity index (χ1n) is 5.93. The molecule has 1 aliphatic heterocycles. The summed E-state index contributed by atoms with van der Waals surface area (Å²) in [5, 5.41) is 13.9. The Bertz CT molecular complexity index is 286. The second-order valence-corrected chi connectivity index (χ2v) is 4.86. The van der Waals surface area contributed by atoms with Crippen LogP contribution in [-0.4, -0.2) is 53.7 Å². The van der Waals surface area contributed by atoms with Crippen LogP contribution < -0.4 is 10.6 Å². The van der Waals surface area contributed by atoms with Gasteiger partial charge in [-0.1, -0.05) is 0 Å². The predicted molar refractivity (Wildman–Crippen MR) is 63.9 cm³/mol. The molecule has 17 heavy (non-hydrogen) atoms. The Balaban J connectivity index is 2.18. The summed E-state index contributed by atoms with van der Waals surface area (Å²) in [5.74, 6) is -1.05. The van der Waals surface area contributed by atoms with Crippen molar-refractivity contribution in [3.8, 4) is 0 Å². The van der Waals surface area contributed by atoms with E-state index in [9.17, 15) is 9.59 Å². The third-order valence-electron chi connectivity index (χ3n) is 2.87. The molecule has 0 bridgehead atoms. The average Bonchev–Trinajstić information content (AvgIpc) is 2.69. The standard InChI is InChI=1S/C11H21N3O3/c1-11(2,9(15)16)13-10(17)12-5-8-14-6-3-4-7-14/h3-8H2,1-2H3,(H,15,16)(H2,12,13,17). The molecule has 1 aliphatic rings. The van der Waals surface area contributed by atoms with Crippen molar-refractivity contribution in [3.05, 3.63) is 0 Å². The minimum Gasteiger partial charge on any atom is -0.480 e.